The molecule has 0 N–H and O–H groups in total. The second-order valence-corrected chi connectivity index (χ2v) is 6.02. The number of ketones is 1. The van der Waals surface area contributed by atoms with E-state index in [1.807, 2.05) is 18.2 Å². The number of hydrogen-bond acceptors (Lipinski definition) is 3. The molecule has 0 amide bonds. The van der Waals surface area contributed by atoms with E-state index in [-0.39, 0.29) is 0 Å². The Labute approximate surface area is 112 Å². The van der Waals surface area contributed by atoms with E-state index < -0.39 is 0 Å². The maximum absolute atomic E-state index is 11.4. The molecule has 4 heteroatoms. The Balaban J connectivity index is 2.06. The Morgan fingerprint density at radius 1 is 1.24 bits per heavy atom. The first-order valence-corrected chi connectivity index (χ1v) is 7.10. The standard InChI is InChI=1S/C13H10BrNOS/c14-10-4-2-1-3-9(10)13-15-11-6-5-8(16)7-12(11)17-13/h1-4H,5-7H2. The van der Waals surface area contributed by atoms with Gasteiger partial charge in [-0.2, -0.15) is 0 Å². The van der Waals surface area contributed by atoms with Crippen LogP contribution in [0.1, 0.15) is 17.0 Å². The van der Waals surface area contributed by atoms with E-state index in [1.165, 1.54) is 0 Å². The molecule has 86 valence electrons. The number of rotatable bonds is 1. The highest BCUT2D eigenvalue weighted by Gasteiger charge is 2.21. The molecule has 0 radical (unpaired) electrons. The lowest BCUT2D eigenvalue weighted by molar-refractivity contribution is -0.118. The van der Waals surface area contributed by atoms with Gasteiger partial charge in [0, 0.05) is 27.8 Å². The van der Waals surface area contributed by atoms with Crippen LogP contribution in [0.25, 0.3) is 10.6 Å². The molecular formula is C13H10BrNOS. The van der Waals surface area contributed by atoms with E-state index in [2.05, 4.69) is 27.0 Å². The van der Waals surface area contributed by atoms with Gasteiger partial charge in [-0.1, -0.05) is 34.1 Å². The topological polar surface area (TPSA) is 30.0 Å². The molecule has 1 aliphatic rings. The smallest absolute Gasteiger partial charge is 0.138 e. The molecule has 0 fully saturated rings. The van der Waals surface area contributed by atoms with Crippen LogP contribution in [-0.4, -0.2) is 10.8 Å². The van der Waals surface area contributed by atoms with Crippen LogP contribution in [-0.2, 0) is 17.6 Å². The predicted octanol–water partition coefficient (Wildman–Crippen LogP) is 3.63. The summed E-state index contributed by atoms with van der Waals surface area (Å²) >= 11 is 5.18. The molecule has 1 aromatic carbocycles. The Morgan fingerprint density at radius 3 is 2.88 bits per heavy atom. The van der Waals surface area contributed by atoms with Crippen molar-refractivity contribution in [2.75, 3.05) is 0 Å². The monoisotopic (exact) mass is 307 g/mol. The zero-order valence-corrected chi connectivity index (χ0v) is 11.5. The molecule has 1 aliphatic carbocycles. The molecule has 0 unspecified atom stereocenters. The second-order valence-electron chi connectivity index (χ2n) is 4.08. The minimum Gasteiger partial charge on any atom is -0.299 e. The molecule has 0 saturated heterocycles. The summed E-state index contributed by atoms with van der Waals surface area (Å²) in [7, 11) is 0. The van der Waals surface area contributed by atoms with Gasteiger partial charge in [0.2, 0.25) is 0 Å². The van der Waals surface area contributed by atoms with Crippen LogP contribution in [0.4, 0.5) is 0 Å². The van der Waals surface area contributed by atoms with Gasteiger partial charge >= 0.3 is 0 Å². The van der Waals surface area contributed by atoms with E-state index in [0.29, 0.717) is 18.6 Å². The molecule has 0 atom stereocenters. The van der Waals surface area contributed by atoms with Crippen molar-refractivity contribution in [3.8, 4) is 10.6 Å². The zero-order chi connectivity index (χ0) is 11.8. The molecule has 1 aromatic heterocycles. The average molecular weight is 308 g/mol. The summed E-state index contributed by atoms with van der Waals surface area (Å²) in [5.41, 5.74) is 2.22. The first-order chi connectivity index (χ1) is 8.24. The average Bonchev–Trinajstić information content (AvgIpc) is 2.72. The molecule has 0 bridgehead atoms. The van der Waals surface area contributed by atoms with E-state index in [9.17, 15) is 4.79 Å². The van der Waals surface area contributed by atoms with Crippen molar-refractivity contribution >= 4 is 33.0 Å². The van der Waals surface area contributed by atoms with Gasteiger partial charge in [0.1, 0.15) is 10.8 Å². The normalized spacial score (nSPS) is 14.8. The van der Waals surface area contributed by atoms with Crippen LogP contribution < -0.4 is 0 Å². The molecule has 1 heterocycles. The quantitative estimate of drug-likeness (QED) is 0.805. The van der Waals surface area contributed by atoms with Crippen LogP contribution in [0, 0.1) is 0 Å². The molecule has 2 aromatic rings. The van der Waals surface area contributed by atoms with Crippen molar-refractivity contribution in [3.63, 3.8) is 0 Å². The number of fused-ring (bicyclic) bond motifs is 1. The number of nitrogens with zero attached hydrogens (tertiary/aromatic N) is 1. The third-order valence-electron chi connectivity index (χ3n) is 2.88. The van der Waals surface area contributed by atoms with Gasteiger partial charge in [-0.3, -0.25) is 4.79 Å². The number of benzene rings is 1. The summed E-state index contributed by atoms with van der Waals surface area (Å²) in [5, 5.41) is 1.01. The highest BCUT2D eigenvalue weighted by atomic mass is 79.9. The van der Waals surface area contributed by atoms with Crippen molar-refractivity contribution in [1.29, 1.82) is 0 Å². The Hall–Kier alpha value is -1.000. The maximum Gasteiger partial charge on any atom is 0.138 e. The molecule has 0 aliphatic heterocycles. The molecule has 17 heavy (non-hydrogen) atoms. The minimum absolute atomic E-state index is 0.333. The molecule has 0 spiro atoms. The fraction of sp³-hybridized carbons (Fsp3) is 0.231. The summed E-state index contributed by atoms with van der Waals surface area (Å²) < 4.78 is 1.05. The van der Waals surface area contributed by atoms with Crippen LogP contribution >= 0.6 is 27.3 Å². The van der Waals surface area contributed by atoms with Gasteiger partial charge < -0.3 is 0 Å². The molecule has 3 rings (SSSR count). The van der Waals surface area contributed by atoms with Gasteiger partial charge in [0.25, 0.3) is 0 Å². The number of thiazole rings is 1. The lowest BCUT2D eigenvalue weighted by atomic mass is 10.0. The highest BCUT2D eigenvalue weighted by molar-refractivity contribution is 9.10. The molecule has 2 nitrogen and oxygen atoms in total. The largest absolute Gasteiger partial charge is 0.299 e. The van der Waals surface area contributed by atoms with Crippen LogP contribution in [0.5, 0.6) is 0 Å². The maximum atomic E-state index is 11.4. The van der Waals surface area contributed by atoms with Crippen LogP contribution in [0.2, 0.25) is 0 Å². The third-order valence-corrected chi connectivity index (χ3v) is 4.70. The number of aromatic nitrogens is 1. The Bertz CT molecular complexity index is 591. The fourth-order valence-electron chi connectivity index (χ4n) is 1.99. The fourth-order valence-corrected chi connectivity index (χ4v) is 3.77. The van der Waals surface area contributed by atoms with Gasteiger partial charge in [0.05, 0.1) is 5.69 Å². The summed E-state index contributed by atoms with van der Waals surface area (Å²) in [4.78, 5) is 17.2. The first kappa shape index (κ1) is 11.1. The van der Waals surface area contributed by atoms with Gasteiger partial charge in [0.15, 0.2) is 0 Å². The highest BCUT2D eigenvalue weighted by Crippen LogP contribution is 2.35. The Morgan fingerprint density at radius 2 is 2.06 bits per heavy atom. The number of halogens is 1. The lowest BCUT2D eigenvalue weighted by Crippen LogP contribution is -2.11. The van der Waals surface area contributed by atoms with Crippen molar-refractivity contribution < 1.29 is 4.79 Å². The van der Waals surface area contributed by atoms with Crippen molar-refractivity contribution in [1.82, 2.24) is 4.98 Å². The van der Waals surface area contributed by atoms with Gasteiger partial charge in [-0.15, -0.1) is 11.3 Å². The van der Waals surface area contributed by atoms with Gasteiger partial charge in [-0.25, -0.2) is 4.98 Å². The number of carbonyl (C=O) groups excluding carboxylic acids is 1. The second kappa shape index (κ2) is 4.35. The van der Waals surface area contributed by atoms with Gasteiger partial charge in [-0.05, 0) is 12.5 Å². The van der Waals surface area contributed by atoms with E-state index in [1.54, 1.807) is 11.3 Å². The predicted molar refractivity (Wildman–Crippen MR) is 72.3 cm³/mol. The molecule has 0 saturated carbocycles. The Kier molecular flexibility index (Phi) is 2.84. The van der Waals surface area contributed by atoms with Crippen molar-refractivity contribution in [2.24, 2.45) is 0 Å². The van der Waals surface area contributed by atoms with E-state index in [4.69, 9.17) is 0 Å². The number of aryl methyl sites for hydroxylation is 1. The summed E-state index contributed by atoms with van der Waals surface area (Å²) in [6.45, 7) is 0. The summed E-state index contributed by atoms with van der Waals surface area (Å²) in [5.74, 6) is 0.333. The SMILES string of the molecule is O=C1CCc2nc(-c3ccccc3Br)sc2C1. The van der Waals surface area contributed by atoms with Crippen molar-refractivity contribution in [2.45, 2.75) is 19.3 Å². The number of carbonyl (C=O) groups is 1. The van der Waals surface area contributed by atoms with Crippen LogP contribution in [0.3, 0.4) is 0 Å². The van der Waals surface area contributed by atoms with E-state index in [0.717, 1.165) is 32.0 Å². The molecular weight excluding hydrogens is 298 g/mol. The van der Waals surface area contributed by atoms with Crippen molar-refractivity contribution in [3.05, 3.63) is 39.3 Å². The minimum atomic E-state index is 0.333. The zero-order valence-electron chi connectivity index (χ0n) is 9.07. The first-order valence-electron chi connectivity index (χ1n) is 5.49. The number of Topliss-reactive ketones (excluding diaryl/α,β-unsaturated/α-hetero) is 1. The summed E-state index contributed by atoms with van der Waals surface area (Å²) in [6, 6.07) is 8.06. The van der Waals surface area contributed by atoms with E-state index >= 15 is 0 Å². The van der Waals surface area contributed by atoms with Crippen LogP contribution in [0.15, 0.2) is 28.7 Å². The third kappa shape index (κ3) is 2.07. The summed E-state index contributed by atoms with van der Waals surface area (Å²) in [6.07, 6.45) is 2.01. The lowest BCUT2D eigenvalue weighted by Gasteiger charge is -2.06. The number of hydrogen-bond donors (Lipinski definition) is 0.